The molecule has 0 spiro atoms. The minimum Gasteiger partial charge on any atom is -0.285 e. The maximum atomic E-state index is 10.8. The van der Waals surface area contributed by atoms with E-state index in [1.807, 2.05) is 4.90 Å². The minimum absolute atomic E-state index is 0.363. The molecule has 1 atom stereocenters. The Hall–Kier alpha value is -0.130. The maximum absolute atomic E-state index is 10.8. The highest BCUT2D eigenvalue weighted by Gasteiger charge is 2.47. The summed E-state index contributed by atoms with van der Waals surface area (Å²) in [6.45, 7) is 1.86. The average Bonchev–Trinajstić information content (AvgIpc) is 2.07. The van der Waals surface area contributed by atoms with Crippen molar-refractivity contribution in [3.05, 3.63) is 0 Å². The predicted molar refractivity (Wildman–Crippen MR) is 36.6 cm³/mol. The van der Waals surface area contributed by atoms with Gasteiger partial charge in [0.05, 0.1) is 0 Å². The highest BCUT2D eigenvalue weighted by atomic mass is 32.2. The Balaban J connectivity index is 2.22. The van der Waals surface area contributed by atoms with Crippen LogP contribution in [0, 0.1) is 5.92 Å². The lowest BCUT2D eigenvalue weighted by Crippen LogP contribution is -2.44. The molecule has 2 bridgehead atoms. The van der Waals surface area contributed by atoms with Crippen molar-refractivity contribution in [1.82, 2.24) is 4.90 Å². The topological polar surface area (TPSA) is 63.4 Å². The van der Waals surface area contributed by atoms with Gasteiger partial charge in [0.25, 0.3) is 0 Å². The fourth-order valence-corrected chi connectivity index (χ4v) is 2.90. The number of hydrogen-bond acceptors (Lipinski definition) is 3. The highest BCUT2D eigenvalue weighted by Crippen LogP contribution is 2.35. The molecule has 10 heavy (non-hydrogen) atoms. The summed E-state index contributed by atoms with van der Waals surface area (Å²) in [5.41, 5.74) is 0. The monoisotopic (exact) mass is 162 g/mol. The van der Waals surface area contributed by atoms with E-state index in [4.69, 9.17) is 5.14 Å². The van der Waals surface area contributed by atoms with Crippen molar-refractivity contribution in [3.63, 3.8) is 0 Å². The molecule has 3 heterocycles. The summed E-state index contributed by atoms with van der Waals surface area (Å²) < 4.78 is 21.6. The van der Waals surface area contributed by atoms with E-state index >= 15 is 0 Å². The van der Waals surface area contributed by atoms with Crippen molar-refractivity contribution in [2.24, 2.45) is 11.1 Å². The first-order valence-electron chi connectivity index (χ1n) is 3.33. The second kappa shape index (κ2) is 1.72. The van der Waals surface area contributed by atoms with Gasteiger partial charge in [-0.15, -0.1) is 0 Å². The number of primary sulfonamides is 1. The third-order valence-electron chi connectivity index (χ3n) is 2.31. The zero-order valence-electron chi connectivity index (χ0n) is 5.53. The van der Waals surface area contributed by atoms with Crippen molar-refractivity contribution in [3.8, 4) is 0 Å². The van der Waals surface area contributed by atoms with E-state index in [-0.39, 0.29) is 5.37 Å². The molecule has 0 aromatic rings. The lowest BCUT2D eigenvalue weighted by Gasteiger charge is -2.28. The van der Waals surface area contributed by atoms with Crippen LogP contribution in [-0.4, -0.2) is 31.8 Å². The predicted octanol–water partition coefficient (Wildman–Crippen LogP) is -1.06. The van der Waals surface area contributed by atoms with Crippen LogP contribution in [-0.2, 0) is 10.0 Å². The Kier molecular flexibility index (Phi) is 1.13. The molecule has 4 nitrogen and oxygen atoms in total. The van der Waals surface area contributed by atoms with Crippen molar-refractivity contribution < 1.29 is 8.42 Å². The van der Waals surface area contributed by atoms with E-state index in [2.05, 4.69) is 0 Å². The molecule has 5 heteroatoms. The Morgan fingerprint density at radius 3 is 2.20 bits per heavy atom. The van der Waals surface area contributed by atoms with Crippen LogP contribution in [0.4, 0.5) is 0 Å². The van der Waals surface area contributed by atoms with E-state index < -0.39 is 10.0 Å². The van der Waals surface area contributed by atoms with Gasteiger partial charge in [-0.2, -0.15) is 0 Å². The molecule has 3 fully saturated rings. The molecule has 2 N–H and O–H groups in total. The van der Waals surface area contributed by atoms with Crippen LogP contribution in [0.2, 0.25) is 0 Å². The highest BCUT2D eigenvalue weighted by molar-refractivity contribution is 7.89. The second-order valence-corrected chi connectivity index (χ2v) is 4.82. The molecule has 3 aliphatic rings. The molecule has 3 aliphatic heterocycles. The van der Waals surface area contributed by atoms with Crippen LogP contribution >= 0.6 is 0 Å². The van der Waals surface area contributed by atoms with E-state index in [1.54, 1.807) is 0 Å². The first-order chi connectivity index (χ1) is 4.57. The third-order valence-corrected chi connectivity index (χ3v) is 3.56. The number of nitrogens with zero attached hydrogens (tertiary/aromatic N) is 1. The standard InChI is InChI=1S/C5H10N2O2S/c6-10(8,9)5-1-4-2-7(5)3-4/h4-5H,1-3H2,(H2,6,8,9). The van der Waals surface area contributed by atoms with E-state index in [1.165, 1.54) is 0 Å². The molecule has 0 amide bonds. The summed E-state index contributed by atoms with van der Waals surface area (Å²) in [6.07, 6.45) is 0.749. The fourth-order valence-electron chi connectivity index (χ4n) is 1.77. The Labute approximate surface area is 60.0 Å². The molecule has 0 saturated carbocycles. The molecule has 0 aromatic carbocycles. The summed E-state index contributed by atoms with van der Waals surface area (Å²) in [7, 11) is -3.28. The van der Waals surface area contributed by atoms with Crippen molar-refractivity contribution in [2.75, 3.05) is 13.1 Å². The van der Waals surface area contributed by atoms with Crippen LogP contribution in [0.15, 0.2) is 0 Å². The molecule has 58 valence electrons. The van der Waals surface area contributed by atoms with E-state index in [0.717, 1.165) is 19.5 Å². The van der Waals surface area contributed by atoms with Crippen molar-refractivity contribution in [1.29, 1.82) is 0 Å². The van der Waals surface area contributed by atoms with Gasteiger partial charge in [-0.25, -0.2) is 13.6 Å². The van der Waals surface area contributed by atoms with Gasteiger partial charge < -0.3 is 0 Å². The number of fused-ring (bicyclic) bond motifs is 1. The number of rotatable bonds is 1. The summed E-state index contributed by atoms with van der Waals surface area (Å²) >= 11 is 0. The Morgan fingerprint density at radius 2 is 2.00 bits per heavy atom. The van der Waals surface area contributed by atoms with Gasteiger partial charge in [0.1, 0.15) is 5.37 Å². The van der Waals surface area contributed by atoms with Gasteiger partial charge in [-0.05, 0) is 12.3 Å². The molecular formula is C5H10N2O2S. The largest absolute Gasteiger partial charge is 0.285 e. The van der Waals surface area contributed by atoms with E-state index in [9.17, 15) is 8.42 Å². The number of sulfonamides is 1. The fraction of sp³-hybridized carbons (Fsp3) is 1.00. The molecule has 3 saturated heterocycles. The quantitative estimate of drug-likeness (QED) is 0.534. The summed E-state index contributed by atoms with van der Waals surface area (Å²) in [6, 6.07) is 0. The number of nitrogens with two attached hydrogens (primary N) is 1. The van der Waals surface area contributed by atoms with Crippen molar-refractivity contribution in [2.45, 2.75) is 11.8 Å². The summed E-state index contributed by atoms with van der Waals surface area (Å²) in [5, 5.41) is 4.62. The zero-order valence-corrected chi connectivity index (χ0v) is 6.34. The van der Waals surface area contributed by atoms with Crippen LogP contribution in [0.25, 0.3) is 0 Å². The van der Waals surface area contributed by atoms with Crippen molar-refractivity contribution >= 4 is 10.0 Å². The molecule has 3 rings (SSSR count). The van der Waals surface area contributed by atoms with Crippen LogP contribution in [0.3, 0.4) is 0 Å². The van der Waals surface area contributed by atoms with Crippen LogP contribution in [0.1, 0.15) is 6.42 Å². The lowest BCUT2D eigenvalue weighted by atomic mass is 10.1. The minimum atomic E-state index is -3.28. The normalized spacial score (nSPS) is 45.1. The third kappa shape index (κ3) is 0.777. The Bertz CT molecular complexity index is 242. The molecule has 0 aliphatic carbocycles. The zero-order chi connectivity index (χ0) is 7.35. The molecule has 0 aromatic heterocycles. The van der Waals surface area contributed by atoms with Crippen LogP contribution in [0.5, 0.6) is 0 Å². The van der Waals surface area contributed by atoms with Gasteiger partial charge in [0.15, 0.2) is 0 Å². The SMILES string of the molecule is NS(=O)(=O)C1CC2CN1C2. The van der Waals surface area contributed by atoms with E-state index in [0.29, 0.717) is 5.92 Å². The molecule has 0 radical (unpaired) electrons. The summed E-state index contributed by atoms with van der Waals surface area (Å²) in [5.74, 6) is 0.600. The summed E-state index contributed by atoms with van der Waals surface area (Å²) in [4.78, 5) is 1.92. The van der Waals surface area contributed by atoms with Crippen LogP contribution < -0.4 is 5.14 Å². The molecular weight excluding hydrogens is 152 g/mol. The van der Waals surface area contributed by atoms with Gasteiger partial charge in [0.2, 0.25) is 10.0 Å². The van der Waals surface area contributed by atoms with Gasteiger partial charge in [0, 0.05) is 13.1 Å². The second-order valence-electron chi connectivity index (χ2n) is 3.10. The molecule has 1 unspecified atom stereocenters. The average molecular weight is 162 g/mol. The first-order valence-corrected chi connectivity index (χ1v) is 4.94. The van der Waals surface area contributed by atoms with Gasteiger partial charge in [-0.3, -0.25) is 4.90 Å². The van der Waals surface area contributed by atoms with Gasteiger partial charge >= 0.3 is 0 Å². The lowest BCUT2D eigenvalue weighted by molar-refractivity contribution is 0.198. The number of hydrogen-bond donors (Lipinski definition) is 1. The maximum Gasteiger partial charge on any atom is 0.225 e. The first kappa shape index (κ1) is 6.57. The Morgan fingerprint density at radius 1 is 1.40 bits per heavy atom. The van der Waals surface area contributed by atoms with Gasteiger partial charge in [-0.1, -0.05) is 0 Å². The smallest absolute Gasteiger partial charge is 0.225 e.